The van der Waals surface area contributed by atoms with Crippen LogP contribution in [-0.2, 0) is 16.6 Å². The van der Waals surface area contributed by atoms with Crippen molar-refractivity contribution in [2.45, 2.75) is 51.4 Å². The maximum Gasteiger partial charge on any atom is 0.303 e. The van der Waals surface area contributed by atoms with Gasteiger partial charge in [0.1, 0.15) is 5.76 Å². The summed E-state index contributed by atoms with van der Waals surface area (Å²) < 4.78 is 5.70. The molecule has 0 aromatic carbocycles. The van der Waals surface area contributed by atoms with Gasteiger partial charge in [0.2, 0.25) is 5.89 Å². The number of carbonyl (C=O) groups is 1. The highest BCUT2D eigenvalue weighted by Gasteiger charge is 2.38. The zero-order valence-corrected chi connectivity index (χ0v) is 9.75. The molecule has 2 rings (SSSR count). The Morgan fingerprint density at radius 3 is 2.75 bits per heavy atom. The smallest absolute Gasteiger partial charge is 0.303 e. The Balaban J connectivity index is 2.12. The molecule has 0 atom stereocenters. The lowest BCUT2D eigenvalue weighted by molar-refractivity contribution is -0.137. The van der Waals surface area contributed by atoms with E-state index in [4.69, 9.17) is 9.52 Å². The Bertz CT molecular complexity index is 404. The number of nitrogens with zero attached hydrogens (tertiary/aromatic N) is 1. The first-order chi connectivity index (χ1) is 7.51. The molecule has 0 spiro atoms. The molecule has 1 aromatic heterocycles. The average molecular weight is 223 g/mol. The van der Waals surface area contributed by atoms with Crippen molar-refractivity contribution in [1.29, 1.82) is 0 Å². The zero-order valence-electron chi connectivity index (χ0n) is 9.75. The van der Waals surface area contributed by atoms with E-state index < -0.39 is 5.97 Å². The summed E-state index contributed by atoms with van der Waals surface area (Å²) in [6, 6.07) is 0. The molecule has 1 saturated carbocycles. The summed E-state index contributed by atoms with van der Waals surface area (Å²) in [5.41, 5.74) is 0.927. The lowest BCUT2D eigenvalue weighted by atomic mass is 9.70. The van der Waals surface area contributed by atoms with E-state index in [0.29, 0.717) is 6.42 Å². The van der Waals surface area contributed by atoms with Crippen LogP contribution in [0.2, 0.25) is 0 Å². The predicted octanol–water partition coefficient (Wildman–Crippen LogP) is 2.44. The van der Waals surface area contributed by atoms with Gasteiger partial charge in [-0.25, -0.2) is 4.98 Å². The standard InChI is InChI=1S/C12H17NO3/c1-8-9(4-5-10(14)15)16-11(13-8)12(2)6-3-7-12/h3-7H2,1-2H3,(H,14,15). The molecule has 0 aliphatic heterocycles. The summed E-state index contributed by atoms with van der Waals surface area (Å²) in [6.07, 6.45) is 4.00. The Hall–Kier alpha value is -1.32. The Morgan fingerprint density at radius 1 is 1.56 bits per heavy atom. The van der Waals surface area contributed by atoms with E-state index in [2.05, 4.69) is 11.9 Å². The number of aromatic nitrogens is 1. The molecule has 1 fully saturated rings. The molecule has 1 aromatic rings. The van der Waals surface area contributed by atoms with Crippen molar-refractivity contribution >= 4 is 5.97 Å². The van der Waals surface area contributed by atoms with Gasteiger partial charge >= 0.3 is 5.97 Å². The van der Waals surface area contributed by atoms with Gasteiger partial charge in [-0.2, -0.15) is 0 Å². The second-order valence-corrected chi connectivity index (χ2v) is 4.84. The first-order valence-corrected chi connectivity index (χ1v) is 5.70. The third-order valence-corrected chi connectivity index (χ3v) is 3.43. The molecule has 0 unspecified atom stereocenters. The fourth-order valence-electron chi connectivity index (χ4n) is 2.06. The lowest BCUT2D eigenvalue weighted by Crippen LogP contribution is -2.30. The molecule has 4 nitrogen and oxygen atoms in total. The topological polar surface area (TPSA) is 63.3 Å². The summed E-state index contributed by atoms with van der Waals surface area (Å²) in [5.74, 6) is 0.717. The van der Waals surface area contributed by atoms with Crippen LogP contribution < -0.4 is 0 Å². The maximum absolute atomic E-state index is 10.5. The van der Waals surface area contributed by atoms with Crippen LogP contribution in [0.15, 0.2) is 4.42 Å². The molecule has 4 heteroatoms. The first kappa shape index (κ1) is 11.2. The quantitative estimate of drug-likeness (QED) is 0.851. The third-order valence-electron chi connectivity index (χ3n) is 3.43. The molecule has 1 heterocycles. The van der Waals surface area contributed by atoms with Crippen LogP contribution in [0.5, 0.6) is 0 Å². The van der Waals surface area contributed by atoms with Gasteiger partial charge in [-0.1, -0.05) is 13.3 Å². The lowest BCUT2D eigenvalue weighted by Gasteiger charge is -2.34. The highest BCUT2D eigenvalue weighted by atomic mass is 16.4. The molecular weight excluding hydrogens is 206 g/mol. The van der Waals surface area contributed by atoms with Gasteiger partial charge < -0.3 is 9.52 Å². The summed E-state index contributed by atoms with van der Waals surface area (Å²) in [7, 11) is 0. The monoisotopic (exact) mass is 223 g/mol. The Kier molecular flexibility index (Phi) is 2.74. The van der Waals surface area contributed by atoms with E-state index in [-0.39, 0.29) is 11.8 Å². The van der Waals surface area contributed by atoms with E-state index in [1.165, 1.54) is 6.42 Å². The minimum Gasteiger partial charge on any atom is -0.481 e. The minimum absolute atomic E-state index is 0.0895. The largest absolute Gasteiger partial charge is 0.481 e. The maximum atomic E-state index is 10.5. The summed E-state index contributed by atoms with van der Waals surface area (Å²) in [6.45, 7) is 4.04. The van der Waals surface area contributed by atoms with Gasteiger partial charge in [-0.3, -0.25) is 4.79 Å². The summed E-state index contributed by atoms with van der Waals surface area (Å²) in [5, 5.41) is 8.63. The van der Waals surface area contributed by atoms with E-state index in [1.807, 2.05) is 6.92 Å². The van der Waals surface area contributed by atoms with Crippen LogP contribution in [0.25, 0.3) is 0 Å². The second-order valence-electron chi connectivity index (χ2n) is 4.84. The van der Waals surface area contributed by atoms with Gasteiger partial charge in [-0.05, 0) is 19.8 Å². The predicted molar refractivity (Wildman–Crippen MR) is 58.4 cm³/mol. The SMILES string of the molecule is Cc1nc(C2(C)CCC2)oc1CCC(=O)O. The van der Waals surface area contributed by atoms with Gasteiger partial charge in [0.15, 0.2) is 0 Å². The van der Waals surface area contributed by atoms with Crippen LogP contribution >= 0.6 is 0 Å². The normalized spacial score (nSPS) is 18.1. The molecule has 0 saturated heterocycles. The van der Waals surface area contributed by atoms with Crippen molar-refractivity contribution in [2.24, 2.45) is 0 Å². The number of hydrogen-bond acceptors (Lipinski definition) is 3. The van der Waals surface area contributed by atoms with Crippen LogP contribution in [0.3, 0.4) is 0 Å². The van der Waals surface area contributed by atoms with Crippen molar-refractivity contribution in [1.82, 2.24) is 4.98 Å². The van der Waals surface area contributed by atoms with Gasteiger partial charge in [-0.15, -0.1) is 0 Å². The third kappa shape index (κ3) is 1.96. The first-order valence-electron chi connectivity index (χ1n) is 5.70. The van der Waals surface area contributed by atoms with E-state index in [1.54, 1.807) is 0 Å². The molecule has 88 valence electrons. The fourth-order valence-corrected chi connectivity index (χ4v) is 2.06. The highest BCUT2D eigenvalue weighted by molar-refractivity contribution is 5.66. The van der Waals surface area contributed by atoms with Crippen molar-refractivity contribution in [3.63, 3.8) is 0 Å². The molecule has 1 aliphatic carbocycles. The number of carboxylic acid groups (broad SMARTS) is 1. The highest BCUT2D eigenvalue weighted by Crippen LogP contribution is 2.43. The summed E-state index contributed by atoms with van der Waals surface area (Å²) in [4.78, 5) is 14.9. The summed E-state index contributed by atoms with van der Waals surface area (Å²) >= 11 is 0. The van der Waals surface area contributed by atoms with E-state index in [0.717, 1.165) is 30.2 Å². The van der Waals surface area contributed by atoms with Crippen molar-refractivity contribution in [2.75, 3.05) is 0 Å². The van der Waals surface area contributed by atoms with E-state index in [9.17, 15) is 4.79 Å². The fraction of sp³-hybridized carbons (Fsp3) is 0.667. The Morgan fingerprint density at radius 2 is 2.25 bits per heavy atom. The van der Waals surface area contributed by atoms with Crippen LogP contribution in [0, 0.1) is 6.92 Å². The average Bonchev–Trinajstić information content (AvgIpc) is 2.53. The van der Waals surface area contributed by atoms with Gasteiger partial charge in [0, 0.05) is 11.8 Å². The molecular formula is C12H17NO3. The molecule has 1 N–H and O–H groups in total. The van der Waals surface area contributed by atoms with Crippen LogP contribution in [0.4, 0.5) is 0 Å². The number of aliphatic carboxylic acids is 1. The number of carboxylic acids is 1. The Labute approximate surface area is 94.7 Å². The van der Waals surface area contributed by atoms with Crippen LogP contribution in [-0.4, -0.2) is 16.1 Å². The molecule has 16 heavy (non-hydrogen) atoms. The number of aryl methyl sites for hydroxylation is 2. The molecule has 1 aliphatic rings. The molecule has 0 radical (unpaired) electrons. The molecule has 0 bridgehead atoms. The van der Waals surface area contributed by atoms with Crippen molar-refractivity contribution < 1.29 is 14.3 Å². The number of hydrogen-bond donors (Lipinski definition) is 1. The zero-order chi connectivity index (χ0) is 11.8. The molecule has 0 amide bonds. The van der Waals surface area contributed by atoms with E-state index >= 15 is 0 Å². The van der Waals surface area contributed by atoms with Crippen molar-refractivity contribution in [3.8, 4) is 0 Å². The minimum atomic E-state index is -0.799. The number of oxazole rings is 1. The van der Waals surface area contributed by atoms with Gasteiger partial charge in [0.05, 0.1) is 12.1 Å². The second kappa shape index (κ2) is 3.92. The number of rotatable bonds is 4. The van der Waals surface area contributed by atoms with Crippen molar-refractivity contribution in [3.05, 3.63) is 17.3 Å². The van der Waals surface area contributed by atoms with Gasteiger partial charge in [0.25, 0.3) is 0 Å². The van der Waals surface area contributed by atoms with Crippen LogP contribution in [0.1, 0.15) is 50.0 Å².